The summed E-state index contributed by atoms with van der Waals surface area (Å²) in [4.78, 5) is 22.5. The molecule has 7 nitrogen and oxygen atoms in total. The maximum Gasteiger partial charge on any atom is 0.417 e. The fourth-order valence-corrected chi connectivity index (χ4v) is 4.20. The van der Waals surface area contributed by atoms with E-state index < -0.39 is 11.7 Å². The molecule has 33 heavy (non-hydrogen) atoms. The van der Waals surface area contributed by atoms with E-state index in [0.717, 1.165) is 36.7 Å². The predicted octanol–water partition coefficient (Wildman–Crippen LogP) is 3.35. The van der Waals surface area contributed by atoms with E-state index in [0.29, 0.717) is 45.2 Å². The molecular formula is C22H25ClF3N5O2. The Bertz CT molecular complexity index is 959. The van der Waals surface area contributed by atoms with Crippen LogP contribution in [0.4, 0.5) is 30.4 Å². The molecule has 1 N–H and O–H groups in total. The summed E-state index contributed by atoms with van der Waals surface area (Å²) in [5, 5.41) is 2.88. The van der Waals surface area contributed by atoms with Gasteiger partial charge in [0.15, 0.2) is 0 Å². The highest BCUT2D eigenvalue weighted by atomic mass is 35.5. The van der Waals surface area contributed by atoms with E-state index in [1.54, 1.807) is 0 Å². The van der Waals surface area contributed by atoms with E-state index in [1.807, 2.05) is 34.1 Å². The average Bonchev–Trinajstić information content (AvgIpc) is 2.80. The van der Waals surface area contributed by atoms with Crippen LogP contribution in [0.15, 0.2) is 36.5 Å². The fraction of sp³-hybridized carbons (Fsp3) is 0.455. The molecule has 1 aromatic carbocycles. The summed E-state index contributed by atoms with van der Waals surface area (Å²) in [5.74, 6) is 0.211. The molecule has 0 unspecified atom stereocenters. The van der Waals surface area contributed by atoms with Crippen molar-refractivity contribution in [3.8, 4) is 0 Å². The molecule has 178 valence electrons. The van der Waals surface area contributed by atoms with E-state index in [-0.39, 0.29) is 17.5 Å². The van der Waals surface area contributed by atoms with Crippen LogP contribution < -0.4 is 15.1 Å². The maximum atomic E-state index is 12.8. The first-order chi connectivity index (χ1) is 15.8. The van der Waals surface area contributed by atoms with Gasteiger partial charge < -0.3 is 19.9 Å². The molecule has 2 saturated heterocycles. The normalized spacial score (nSPS) is 17.8. The molecule has 0 aliphatic carbocycles. The van der Waals surface area contributed by atoms with Crippen LogP contribution in [0.25, 0.3) is 0 Å². The van der Waals surface area contributed by atoms with E-state index in [1.165, 1.54) is 0 Å². The summed E-state index contributed by atoms with van der Waals surface area (Å²) >= 11 is 6.05. The Morgan fingerprint density at radius 1 is 1.03 bits per heavy atom. The standard InChI is InChI=1S/C22H25ClF3N5O2/c23-19-13-16(22(24,25)26)14-27-21(19)31-7-5-29(6-8-31)15-20(32)28-17-1-3-18(4-2-17)30-9-11-33-12-10-30/h1-4,13-14H,5-12,15H2,(H,28,32). The van der Waals surface area contributed by atoms with Gasteiger partial charge in [0, 0.05) is 56.8 Å². The van der Waals surface area contributed by atoms with E-state index in [2.05, 4.69) is 15.2 Å². The van der Waals surface area contributed by atoms with Gasteiger partial charge in [0.05, 0.1) is 30.3 Å². The molecule has 2 aliphatic rings. The first kappa shape index (κ1) is 23.6. The lowest BCUT2D eigenvalue weighted by Gasteiger charge is -2.35. The van der Waals surface area contributed by atoms with Gasteiger partial charge in [-0.2, -0.15) is 13.2 Å². The quantitative estimate of drug-likeness (QED) is 0.704. The number of amides is 1. The number of piperazine rings is 1. The second kappa shape index (κ2) is 10.1. The number of alkyl halides is 3. The minimum absolute atomic E-state index is 0.0310. The average molecular weight is 484 g/mol. The SMILES string of the molecule is O=C(CN1CCN(c2ncc(C(F)(F)F)cc2Cl)CC1)Nc1ccc(N2CCOCC2)cc1. The summed E-state index contributed by atoms with van der Waals surface area (Å²) in [6.07, 6.45) is -3.69. The van der Waals surface area contributed by atoms with Gasteiger partial charge in [0.25, 0.3) is 0 Å². The summed E-state index contributed by atoms with van der Waals surface area (Å²) in [6, 6.07) is 8.65. The molecule has 2 aromatic rings. The third kappa shape index (κ3) is 6.07. The number of hydrogen-bond donors (Lipinski definition) is 1. The van der Waals surface area contributed by atoms with Crippen molar-refractivity contribution in [2.24, 2.45) is 0 Å². The summed E-state index contributed by atoms with van der Waals surface area (Å²) in [7, 11) is 0. The highest BCUT2D eigenvalue weighted by Gasteiger charge is 2.32. The van der Waals surface area contributed by atoms with Gasteiger partial charge in [-0.25, -0.2) is 4.98 Å². The molecule has 1 aromatic heterocycles. The first-order valence-electron chi connectivity index (χ1n) is 10.7. The fourth-order valence-electron chi connectivity index (χ4n) is 3.92. The Morgan fingerprint density at radius 2 is 1.70 bits per heavy atom. The number of halogens is 4. The second-order valence-corrected chi connectivity index (χ2v) is 8.39. The zero-order valence-corrected chi connectivity index (χ0v) is 18.7. The van der Waals surface area contributed by atoms with Crippen LogP contribution in [-0.2, 0) is 15.7 Å². The van der Waals surface area contributed by atoms with Crippen molar-refractivity contribution in [1.29, 1.82) is 0 Å². The predicted molar refractivity (Wildman–Crippen MR) is 121 cm³/mol. The van der Waals surface area contributed by atoms with E-state index in [9.17, 15) is 18.0 Å². The Kier molecular flexibility index (Phi) is 7.26. The highest BCUT2D eigenvalue weighted by Crippen LogP contribution is 2.33. The van der Waals surface area contributed by atoms with E-state index in [4.69, 9.17) is 16.3 Å². The molecule has 4 rings (SSSR count). The van der Waals surface area contributed by atoms with Crippen LogP contribution in [-0.4, -0.2) is 74.8 Å². The number of hydrogen-bond acceptors (Lipinski definition) is 6. The van der Waals surface area contributed by atoms with Gasteiger partial charge >= 0.3 is 6.18 Å². The number of carbonyl (C=O) groups excluding carboxylic acids is 1. The lowest BCUT2D eigenvalue weighted by Crippen LogP contribution is -2.49. The van der Waals surface area contributed by atoms with Crippen LogP contribution in [0.3, 0.4) is 0 Å². The van der Waals surface area contributed by atoms with Gasteiger partial charge in [0.2, 0.25) is 5.91 Å². The first-order valence-corrected chi connectivity index (χ1v) is 11.1. The number of rotatable bonds is 5. The third-order valence-corrected chi connectivity index (χ3v) is 5.99. The summed E-state index contributed by atoms with van der Waals surface area (Å²) in [5.41, 5.74) is 0.962. The van der Waals surface area contributed by atoms with Crippen molar-refractivity contribution < 1.29 is 22.7 Å². The number of nitrogens with zero attached hydrogens (tertiary/aromatic N) is 4. The summed E-state index contributed by atoms with van der Waals surface area (Å²) < 4.78 is 43.8. The smallest absolute Gasteiger partial charge is 0.378 e. The maximum absolute atomic E-state index is 12.8. The van der Waals surface area contributed by atoms with E-state index >= 15 is 0 Å². The Balaban J connectivity index is 1.25. The molecule has 0 saturated carbocycles. The van der Waals surface area contributed by atoms with Crippen molar-refractivity contribution in [2.75, 3.05) is 74.1 Å². The summed E-state index contributed by atoms with van der Waals surface area (Å²) in [6.45, 7) is 5.53. The van der Waals surface area contributed by atoms with Crippen LogP contribution in [0.5, 0.6) is 0 Å². The molecule has 0 spiro atoms. The van der Waals surface area contributed by atoms with Gasteiger partial charge in [-0.05, 0) is 30.3 Å². The second-order valence-electron chi connectivity index (χ2n) is 7.98. The number of aromatic nitrogens is 1. The van der Waals surface area contributed by atoms with Crippen molar-refractivity contribution in [2.45, 2.75) is 6.18 Å². The number of morpholine rings is 1. The van der Waals surface area contributed by atoms with Crippen LogP contribution in [0, 0.1) is 0 Å². The van der Waals surface area contributed by atoms with Gasteiger partial charge in [-0.3, -0.25) is 9.69 Å². The number of carbonyl (C=O) groups is 1. The highest BCUT2D eigenvalue weighted by molar-refractivity contribution is 6.33. The molecule has 0 atom stereocenters. The van der Waals surface area contributed by atoms with Crippen molar-refractivity contribution in [1.82, 2.24) is 9.88 Å². The zero-order valence-electron chi connectivity index (χ0n) is 17.9. The topological polar surface area (TPSA) is 60.9 Å². The largest absolute Gasteiger partial charge is 0.417 e. The number of benzene rings is 1. The molecule has 0 bridgehead atoms. The lowest BCUT2D eigenvalue weighted by atomic mass is 10.2. The number of ether oxygens (including phenoxy) is 1. The Labute approximate surface area is 195 Å². The van der Waals surface area contributed by atoms with Gasteiger partial charge in [-0.1, -0.05) is 11.6 Å². The van der Waals surface area contributed by atoms with Gasteiger partial charge in [-0.15, -0.1) is 0 Å². The molecule has 2 fully saturated rings. The van der Waals surface area contributed by atoms with Gasteiger partial charge in [0.1, 0.15) is 5.82 Å². The number of nitrogens with one attached hydrogen (secondary N) is 1. The molecule has 2 aliphatic heterocycles. The molecule has 0 radical (unpaired) electrons. The van der Waals surface area contributed by atoms with Crippen molar-refractivity contribution in [3.63, 3.8) is 0 Å². The number of anilines is 3. The number of pyridine rings is 1. The van der Waals surface area contributed by atoms with Crippen LogP contribution in [0.2, 0.25) is 5.02 Å². The minimum Gasteiger partial charge on any atom is -0.378 e. The van der Waals surface area contributed by atoms with Crippen LogP contribution >= 0.6 is 11.6 Å². The minimum atomic E-state index is -4.48. The molecular weight excluding hydrogens is 459 g/mol. The lowest BCUT2D eigenvalue weighted by molar-refractivity contribution is -0.137. The molecule has 11 heteroatoms. The third-order valence-electron chi connectivity index (χ3n) is 5.72. The Morgan fingerprint density at radius 3 is 2.30 bits per heavy atom. The van der Waals surface area contributed by atoms with Crippen molar-refractivity contribution >= 4 is 34.7 Å². The Hall–Kier alpha value is -2.56. The molecule has 1 amide bonds. The van der Waals surface area contributed by atoms with Crippen LogP contribution in [0.1, 0.15) is 5.56 Å². The molecule has 3 heterocycles. The van der Waals surface area contributed by atoms with Crippen molar-refractivity contribution in [3.05, 3.63) is 47.1 Å². The zero-order chi connectivity index (χ0) is 23.4. The monoisotopic (exact) mass is 483 g/mol.